The van der Waals surface area contributed by atoms with E-state index in [1.165, 1.54) is 0 Å². The first kappa shape index (κ1) is 14.9. The third-order valence-corrected chi connectivity index (χ3v) is 4.25. The molecule has 114 valence electrons. The van der Waals surface area contributed by atoms with E-state index in [-0.39, 0.29) is 5.28 Å². The van der Waals surface area contributed by atoms with Gasteiger partial charge in [0.15, 0.2) is 11.5 Å². The summed E-state index contributed by atoms with van der Waals surface area (Å²) in [6, 6.07) is 7.61. The van der Waals surface area contributed by atoms with E-state index in [0.717, 1.165) is 20.8 Å². The molecule has 3 aromatic rings. The molecule has 0 saturated heterocycles. The summed E-state index contributed by atoms with van der Waals surface area (Å²) in [4.78, 5) is 10.5. The SMILES string of the molecule is COc1ccc(Nc2nc(Cl)nc3sc(C)cc23)cc1OC. The number of halogens is 1. The highest BCUT2D eigenvalue weighted by Crippen LogP contribution is 2.34. The fraction of sp³-hybridized carbons (Fsp3) is 0.200. The molecule has 0 amide bonds. The number of methoxy groups -OCH3 is 2. The van der Waals surface area contributed by atoms with Gasteiger partial charge in [-0.25, -0.2) is 4.98 Å². The first-order valence-corrected chi connectivity index (χ1v) is 7.73. The number of hydrogen-bond acceptors (Lipinski definition) is 6. The van der Waals surface area contributed by atoms with Crippen LogP contribution in [-0.4, -0.2) is 24.2 Å². The number of fused-ring (bicyclic) bond motifs is 1. The number of anilines is 2. The smallest absolute Gasteiger partial charge is 0.225 e. The molecule has 22 heavy (non-hydrogen) atoms. The highest BCUT2D eigenvalue weighted by atomic mass is 35.5. The van der Waals surface area contributed by atoms with Crippen LogP contribution in [0.15, 0.2) is 24.3 Å². The number of hydrogen-bond donors (Lipinski definition) is 1. The van der Waals surface area contributed by atoms with Crippen molar-refractivity contribution in [2.24, 2.45) is 0 Å². The Labute approximate surface area is 136 Å². The standard InChI is InChI=1S/C15H14ClN3O2S/c1-8-6-10-13(18-15(16)19-14(10)22-8)17-9-4-5-11(20-2)12(7-9)21-3/h4-7H,1-3H3,(H,17,18,19). The summed E-state index contributed by atoms with van der Waals surface area (Å²) in [6.45, 7) is 2.03. The molecule has 0 unspecified atom stereocenters. The van der Waals surface area contributed by atoms with E-state index in [9.17, 15) is 0 Å². The average molecular weight is 336 g/mol. The van der Waals surface area contributed by atoms with Crippen molar-refractivity contribution in [1.82, 2.24) is 9.97 Å². The van der Waals surface area contributed by atoms with E-state index < -0.39 is 0 Å². The molecule has 1 N–H and O–H groups in total. The van der Waals surface area contributed by atoms with E-state index >= 15 is 0 Å². The molecule has 2 aromatic heterocycles. The number of nitrogens with zero attached hydrogens (tertiary/aromatic N) is 2. The molecule has 0 bridgehead atoms. The molecule has 1 aromatic carbocycles. The Balaban J connectivity index is 2.02. The first-order chi connectivity index (χ1) is 10.6. The van der Waals surface area contributed by atoms with Crippen LogP contribution < -0.4 is 14.8 Å². The van der Waals surface area contributed by atoms with Gasteiger partial charge in [0.25, 0.3) is 0 Å². The van der Waals surface area contributed by atoms with Crippen LogP contribution in [0.4, 0.5) is 11.5 Å². The number of benzene rings is 1. The Morgan fingerprint density at radius 1 is 1.09 bits per heavy atom. The predicted molar refractivity (Wildman–Crippen MR) is 90.0 cm³/mol. The van der Waals surface area contributed by atoms with E-state index in [1.807, 2.05) is 31.2 Å². The second-order valence-corrected chi connectivity index (χ2v) is 6.18. The van der Waals surface area contributed by atoms with Crippen LogP contribution in [0.3, 0.4) is 0 Å². The molecule has 0 fully saturated rings. The van der Waals surface area contributed by atoms with Gasteiger partial charge < -0.3 is 14.8 Å². The lowest BCUT2D eigenvalue weighted by molar-refractivity contribution is 0.355. The molecule has 0 radical (unpaired) electrons. The highest BCUT2D eigenvalue weighted by Gasteiger charge is 2.11. The van der Waals surface area contributed by atoms with Crippen LogP contribution in [0.5, 0.6) is 11.5 Å². The molecule has 2 heterocycles. The van der Waals surface area contributed by atoms with Crippen LogP contribution in [0, 0.1) is 6.92 Å². The molecule has 0 aliphatic carbocycles. The largest absolute Gasteiger partial charge is 0.493 e. The van der Waals surface area contributed by atoms with Crippen LogP contribution in [0.2, 0.25) is 5.28 Å². The van der Waals surface area contributed by atoms with E-state index in [0.29, 0.717) is 17.3 Å². The van der Waals surface area contributed by atoms with Crippen LogP contribution in [0.1, 0.15) is 4.88 Å². The van der Waals surface area contributed by atoms with Gasteiger partial charge in [0.1, 0.15) is 10.6 Å². The maximum atomic E-state index is 6.01. The molecular weight excluding hydrogens is 322 g/mol. The van der Waals surface area contributed by atoms with Crippen LogP contribution >= 0.6 is 22.9 Å². The van der Waals surface area contributed by atoms with Crippen molar-refractivity contribution in [3.63, 3.8) is 0 Å². The van der Waals surface area contributed by atoms with Gasteiger partial charge in [0.2, 0.25) is 5.28 Å². The summed E-state index contributed by atoms with van der Waals surface area (Å²) in [5.74, 6) is 1.99. The van der Waals surface area contributed by atoms with Gasteiger partial charge in [-0.05, 0) is 36.7 Å². The maximum absolute atomic E-state index is 6.01. The molecule has 0 spiro atoms. The summed E-state index contributed by atoms with van der Waals surface area (Å²) in [5, 5.41) is 4.43. The van der Waals surface area contributed by atoms with Crippen molar-refractivity contribution in [3.05, 3.63) is 34.4 Å². The third kappa shape index (κ3) is 2.80. The van der Waals surface area contributed by atoms with Crippen molar-refractivity contribution in [3.8, 4) is 11.5 Å². The van der Waals surface area contributed by atoms with Crippen LogP contribution in [-0.2, 0) is 0 Å². The Morgan fingerprint density at radius 2 is 1.86 bits per heavy atom. The molecule has 0 atom stereocenters. The van der Waals surface area contributed by atoms with Gasteiger partial charge in [-0.2, -0.15) is 4.98 Å². The molecule has 0 aliphatic rings. The highest BCUT2D eigenvalue weighted by molar-refractivity contribution is 7.18. The lowest BCUT2D eigenvalue weighted by Gasteiger charge is -2.11. The number of aryl methyl sites for hydroxylation is 1. The summed E-state index contributed by atoms with van der Waals surface area (Å²) in [6.07, 6.45) is 0. The van der Waals surface area contributed by atoms with Crippen LogP contribution in [0.25, 0.3) is 10.2 Å². The Hall–Kier alpha value is -2.05. The molecular formula is C15H14ClN3O2S. The van der Waals surface area contributed by atoms with E-state index in [2.05, 4.69) is 15.3 Å². The number of nitrogens with one attached hydrogen (secondary N) is 1. The van der Waals surface area contributed by atoms with Crippen molar-refractivity contribution in [2.45, 2.75) is 6.92 Å². The topological polar surface area (TPSA) is 56.3 Å². The van der Waals surface area contributed by atoms with Crippen molar-refractivity contribution >= 4 is 44.7 Å². The molecule has 7 heteroatoms. The fourth-order valence-corrected chi connectivity index (χ4v) is 3.26. The van der Waals surface area contributed by atoms with E-state index in [4.69, 9.17) is 21.1 Å². The van der Waals surface area contributed by atoms with Crippen molar-refractivity contribution < 1.29 is 9.47 Å². The molecule has 3 rings (SSSR count). The number of ether oxygens (including phenoxy) is 2. The lowest BCUT2D eigenvalue weighted by atomic mass is 10.2. The number of rotatable bonds is 4. The zero-order valence-electron chi connectivity index (χ0n) is 12.3. The minimum absolute atomic E-state index is 0.220. The monoisotopic (exact) mass is 335 g/mol. The third-order valence-electron chi connectivity index (χ3n) is 3.13. The first-order valence-electron chi connectivity index (χ1n) is 6.53. The number of aromatic nitrogens is 2. The minimum Gasteiger partial charge on any atom is -0.493 e. The predicted octanol–water partition coefficient (Wildman–Crippen LogP) is 4.41. The van der Waals surface area contributed by atoms with Crippen molar-refractivity contribution in [2.75, 3.05) is 19.5 Å². The Kier molecular flexibility index (Phi) is 4.04. The van der Waals surface area contributed by atoms with Gasteiger partial charge in [-0.15, -0.1) is 11.3 Å². The van der Waals surface area contributed by atoms with Gasteiger partial charge >= 0.3 is 0 Å². The van der Waals surface area contributed by atoms with E-state index in [1.54, 1.807) is 25.6 Å². The van der Waals surface area contributed by atoms with Gasteiger partial charge in [0, 0.05) is 16.6 Å². The molecule has 0 saturated carbocycles. The molecule has 5 nitrogen and oxygen atoms in total. The normalized spacial score (nSPS) is 10.7. The van der Waals surface area contributed by atoms with Gasteiger partial charge in [-0.1, -0.05) is 0 Å². The summed E-state index contributed by atoms with van der Waals surface area (Å²) in [7, 11) is 3.20. The maximum Gasteiger partial charge on any atom is 0.225 e. The lowest BCUT2D eigenvalue weighted by Crippen LogP contribution is -1.97. The quantitative estimate of drug-likeness (QED) is 0.715. The second kappa shape index (κ2) is 5.98. The summed E-state index contributed by atoms with van der Waals surface area (Å²) >= 11 is 7.59. The fourth-order valence-electron chi connectivity index (χ4n) is 2.16. The summed E-state index contributed by atoms with van der Waals surface area (Å²) in [5.41, 5.74) is 0.831. The molecule has 0 aliphatic heterocycles. The minimum atomic E-state index is 0.220. The Bertz CT molecular complexity index is 835. The second-order valence-electron chi connectivity index (χ2n) is 4.61. The van der Waals surface area contributed by atoms with Gasteiger partial charge in [-0.3, -0.25) is 0 Å². The van der Waals surface area contributed by atoms with Gasteiger partial charge in [0.05, 0.1) is 19.6 Å². The average Bonchev–Trinajstić information content (AvgIpc) is 2.87. The summed E-state index contributed by atoms with van der Waals surface area (Å²) < 4.78 is 10.5. The number of thiophene rings is 1. The zero-order valence-corrected chi connectivity index (χ0v) is 13.9. The zero-order chi connectivity index (χ0) is 15.7. The van der Waals surface area contributed by atoms with Crippen molar-refractivity contribution in [1.29, 1.82) is 0 Å². The Morgan fingerprint density at radius 3 is 2.59 bits per heavy atom.